The van der Waals surface area contributed by atoms with Crippen LogP contribution in [0.1, 0.15) is 18.4 Å². The molecule has 1 fully saturated rings. The molecule has 0 radical (unpaired) electrons. The Kier molecular flexibility index (Phi) is 6.24. The Morgan fingerprint density at radius 1 is 0.971 bits per heavy atom. The van der Waals surface area contributed by atoms with Crippen LogP contribution in [0.2, 0.25) is 0 Å². The van der Waals surface area contributed by atoms with Crippen molar-refractivity contribution in [1.29, 1.82) is 0 Å². The SMILES string of the molecule is CS(=O)(=O)c1ccc(-c2nc(-c3ccc(CN4CCC(C(=O)O)(C(=O)O)CC4)cc3)no2)cc1. The second-order valence-corrected chi connectivity index (χ2v) is 10.4. The first kappa shape index (κ1) is 23.6. The zero-order chi connectivity index (χ0) is 24.5. The summed E-state index contributed by atoms with van der Waals surface area (Å²) in [6, 6.07) is 13.7. The smallest absolute Gasteiger partial charge is 0.321 e. The minimum atomic E-state index is -3.29. The third-order valence-electron chi connectivity index (χ3n) is 6.10. The molecular formula is C23H23N3O7S. The van der Waals surface area contributed by atoms with Crippen molar-refractivity contribution in [2.45, 2.75) is 24.3 Å². The van der Waals surface area contributed by atoms with Gasteiger partial charge >= 0.3 is 11.9 Å². The van der Waals surface area contributed by atoms with Gasteiger partial charge in [-0.2, -0.15) is 4.98 Å². The van der Waals surface area contributed by atoms with Gasteiger partial charge in [-0.1, -0.05) is 29.4 Å². The van der Waals surface area contributed by atoms with Gasteiger partial charge in [-0.25, -0.2) is 8.42 Å². The molecule has 1 aliphatic heterocycles. The average molecular weight is 486 g/mol. The number of benzene rings is 2. The second-order valence-electron chi connectivity index (χ2n) is 8.39. The lowest BCUT2D eigenvalue weighted by atomic mass is 9.78. The van der Waals surface area contributed by atoms with Crippen LogP contribution in [0.3, 0.4) is 0 Å². The van der Waals surface area contributed by atoms with E-state index in [1.165, 1.54) is 12.1 Å². The largest absolute Gasteiger partial charge is 0.480 e. The van der Waals surface area contributed by atoms with Crippen LogP contribution in [0.5, 0.6) is 0 Å². The number of carboxylic acid groups (broad SMARTS) is 2. The van der Waals surface area contributed by atoms with E-state index in [9.17, 15) is 28.2 Å². The van der Waals surface area contributed by atoms with Crippen LogP contribution in [-0.4, -0.2) is 65.0 Å². The van der Waals surface area contributed by atoms with Crippen LogP contribution < -0.4 is 0 Å². The van der Waals surface area contributed by atoms with Gasteiger partial charge in [0.05, 0.1) is 4.90 Å². The number of rotatable bonds is 7. The number of aliphatic carboxylic acids is 2. The van der Waals surface area contributed by atoms with E-state index in [4.69, 9.17) is 4.52 Å². The van der Waals surface area contributed by atoms with Crippen LogP contribution in [0.25, 0.3) is 22.8 Å². The Hall–Kier alpha value is -3.57. The normalized spacial score (nSPS) is 16.3. The summed E-state index contributed by atoms with van der Waals surface area (Å²) in [5, 5.41) is 22.7. The summed E-state index contributed by atoms with van der Waals surface area (Å²) in [7, 11) is -3.29. The van der Waals surface area contributed by atoms with Crippen LogP contribution in [0.4, 0.5) is 0 Å². The summed E-state index contributed by atoms with van der Waals surface area (Å²) in [5.41, 5.74) is 0.622. The highest BCUT2D eigenvalue weighted by Crippen LogP contribution is 2.33. The predicted molar refractivity (Wildman–Crippen MR) is 120 cm³/mol. The molecule has 0 spiro atoms. The minimum absolute atomic E-state index is 0.0621. The molecule has 0 unspecified atom stereocenters. The highest BCUT2D eigenvalue weighted by molar-refractivity contribution is 7.90. The van der Waals surface area contributed by atoms with Gasteiger partial charge in [-0.05, 0) is 42.7 Å². The maximum atomic E-state index is 11.6. The Labute approximate surface area is 195 Å². The first-order chi connectivity index (χ1) is 16.1. The quantitative estimate of drug-likeness (QED) is 0.478. The fraction of sp³-hybridized carbons (Fsp3) is 0.304. The van der Waals surface area contributed by atoms with Crippen molar-refractivity contribution < 1.29 is 32.7 Å². The Morgan fingerprint density at radius 3 is 2.06 bits per heavy atom. The lowest BCUT2D eigenvalue weighted by molar-refractivity contribution is -0.168. The number of carboxylic acids is 2. The van der Waals surface area contributed by atoms with Crippen molar-refractivity contribution in [2.24, 2.45) is 5.41 Å². The first-order valence-electron chi connectivity index (χ1n) is 10.5. The summed E-state index contributed by atoms with van der Waals surface area (Å²) >= 11 is 0. The molecule has 34 heavy (non-hydrogen) atoms. The van der Waals surface area contributed by atoms with Crippen molar-refractivity contribution in [3.05, 3.63) is 54.1 Å². The molecule has 1 aromatic heterocycles. The second kappa shape index (κ2) is 8.99. The molecule has 11 heteroatoms. The molecule has 4 rings (SSSR count). The number of hydrogen-bond acceptors (Lipinski definition) is 8. The maximum absolute atomic E-state index is 11.6. The van der Waals surface area contributed by atoms with Gasteiger partial charge in [0.2, 0.25) is 5.82 Å². The summed E-state index contributed by atoms with van der Waals surface area (Å²) in [6.07, 6.45) is 1.26. The third kappa shape index (κ3) is 4.70. The van der Waals surface area contributed by atoms with E-state index in [2.05, 4.69) is 10.1 Å². The zero-order valence-electron chi connectivity index (χ0n) is 18.3. The van der Waals surface area contributed by atoms with Gasteiger partial charge in [0.25, 0.3) is 5.89 Å². The Bertz CT molecular complexity index is 1290. The number of likely N-dealkylation sites (tertiary alicyclic amines) is 1. The van der Waals surface area contributed by atoms with Crippen LogP contribution in [0.15, 0.2) is 57.9 Å². The van der Waals surface area contributed by atoms with Gasteiger partial charge in [-0.15, -0.1) is 0 Å². The molecule has 0 amide bonds. The van der Waals surface area contributed by atoms with Crippen LogP contribution in [0, 0.1) is 5.41 Å². The standard InChI is InChI=1S/C23H23N3O7S/c1-34(31,32)18-8-6-17(7-9-18)20-24-19(25-33-20)16-4-2-15(3-5-16)14-26-12-10-23(11-13-26,21(27)28)22(29)30/h2-9H,10-14H2,1H3,(H,27,28)(H,29,30). The van der Waals surface area contributed by atoms with E-state index in [-0.39, 0.29) is 23.6 Å². The molecule has 1 saturated heterocycles. The molecule has 0 bridgehead atoms. The molecule has 1 aliphatic rings. The van der Waals surface area contributed by atoms with Gasteiger partial charge in [-0.3, -0.25) is 14.5 Å². The number of nitrogens with zero attached hydrogens (tertiary/aromatic N) is 3. The number of aromatic nitrogens is 2. The van der Waals surface area contributed by atoms with Gasteiger partial charge in [0.1, 0.15) is 0 Å². The van der Waals surface area contributed by atoms with E-state index in [1.54, 1.807) is 12.1 Å². The van der Waals surface area contributed by atoms with E-state index >= 15 is 0 Å². The molecule has 2 heterocycles. The molecule has 3 aromatic rings. The number of sulfone groups is 1. The fourth-order valence-electron chi connectivity index (χ4n) is 3.93. The van der Waals surface area contributed by atoms with Gasteiger partial charge in [0.15, 0.2) is 15.3 Å². The van der Waals surface area contributed by atoms with Gasteiger partial charge in [0, 0.05) is 37.0 Å². The number of carbonyl (C=O) groups is 2. The van der Waals surface area contributed by atoms with Crippen LogP contribution in [-0.2, 0) is 26.0 Å². The highest BCUT2D eigenvalue weighted by Gasteiger charge is 2.48. The predicted octanol–water partition coefficient (Wildman–Crippen LogP) is 2.56. The average Bonchev–Trinajstić information content (AvgIpc) is 3.30. The monoisotopic (exact) mass is 485 g/mol. The summed E-state index contributed by atoms with van der Waals surface area (Å²) in [6.45, 7) is 1.33. The number of hydrogen-bond donors (Lipinski definition) is 2. The molecule has 0 atom stereocenters. The highest BCUT2D eigenvalue weighted by atomic mass is 32.2. The lowest BCUT2D eigenvalue weighted by Crippen LogP contribution is -2.48. The van der Waals surface area contributed by atoms with E-state index in [0.29, 0.717) is 31.0 Å². The molecule has 178 valence electrons. The van der Waals surface area contributed by atoms with E-state index < -0.39 is 27.2 Å². The summed E-state index contributed by atoms with van der Waals surface area (Å²) in [5.74, 6) is -1.91. The molecule has 0 saturated carbocycles. The molecule has 2 N–H and O–H groups in total. The Balaban J connectivity index is 1.41. The fourth-order valence-corrected chi connectivity index (χ4v) is 4.56. The minimum Gasteiger partial charge on any atom is -0.480 e. The first-order valence-corrected chi connectivity index (χ1v) is 12.4. The van der Waals surface area contributed by atoms with Crippen molar-refractivity contribution in [2.75, 3.05) is 19.3 Å². The van der Waals surface area contributed by atoms with E-state index in [0.717, 1.165) is 17.4 Å². The van der Waals surface area contributed by atoms with Crippen molar-refractivity contribution in [1.82, 2.24) is 15.0 Å². The summed E-state index contributed by atoms with van der Waals surface area (Å²) < 4.78 is 28.5. The van der Waals surface area contributed by atoms with Crippen molar-refractivity contribution in [3.8, 4) is 22.8 Å². The van der Waals surface area contributed by atoms with Crippen molar-refractivity contribution in [3.63, 3.8) is 0 Å². The lowest BCUT2D eigenvalue weighted by Gasteiger charge is -2.36. The number of piperidine rings is 1. The molecule has 10 nitrogen and oxygen atoms in total. The molecule has 2 aromatic carbocycles. The van der Waals surface area contributed by atoms with E-state index in [1.807, 2.05) is 29.2 Å². The van der Waals surface area contributed by atoms with Crippen LogP contribution >= 0.6 is 0 Å². The van der Waals surface area contributed by atoms with Crippen molar-refractivity contribution >= 4 is 21.8 Å². The molecule has 0 aliphatic carbocycles. The maximum Gasteiger partial charge on any atom is 0.321 e. The third-order valence-corrected chi connectivity index (χ3v) is 7.23. The van der Waals surface area contributed by atoms with Gasteiger partial charge < -0.3 is 14.7 Å². The Morgan fingerprint density at radius 2 is 1.53 bits per heavy atom. The zero-order valence-corrected chi connectivity index (χ0v) is 19.2. The summed E-state index contributed by atoms with van der Waals surface area (Å²) in [4.78, 5) is 29.5. The topological polar surface area (TPSA) is 151 Å². The molecular weight excluding hydrogens is 462 g/mol.